The number of benzene rings is 1. The van der Waals surface area contributed by atoms with Crippen molar-refractivity contribution in [1.29, 1.82) is 0 Å². The Morgan fingerprint density at radius 2 is 2.22 bits per heavy atom. The highest BCUT2D eigenvalue weighted by Gasteiger charge is 2.27. The minimum Gasteiger partial charge on any atom is -0.465 e. The van der Waals surface area contributed by atoms with Crippen molar-refractivity contribution < 1.29 is 19.4 Å². The fraction of sp³-hybridized carbons (Fsp3) is 0.600. The van der Waals surface area contributed by atoms with Crippen molar-refractivity contribution in [3.8, 4) is 0 Å². The molecule has 0 spiro atoms. The maximum atomic E-state index is 11.9. The highest BCUT2D eigenvalue weighted by atomic mass is 16.5. The zero-order valence-corrected chi connectivity index (χ0v) is 15.9. The molecule has 7 heteroatoms. The molecule has 7 nitrogen and oxygen atoms in total. The molecule has 146 valence electrons. The van der Waals surface area contributed by atoms with Gasteiger partial charge < -0.3 is 19.1 Å². The molecule has 1 N–H and O–H groups in total. The van der Waals surface area contributed by atoms with Gasteiger partial charge in [-0.15, -0.1) is 0 Å². The Hall–Kier alpha value is -1.96. The summed E-state index contributed by atoms with van der Waals surface area (Å²) in [6, 6.07) is 5.81. The van der Waals surface area contributed by atoms with Crippen LogP contribution in [0, 0.1) is 0 Å². The molecule has 27 heavy (non-hydrogen) atoms. The zero-order chi connectivity index (χ0) is 19.0. The fourth-order valence-electron chi connectivity index (χ4n) is 3.99. The van der Waals surface area contributed by atoms with Gasteiger partial charge in [0.15, 0.2) is 0 Å². The lowest BCUT2D eigenvalue weighted by Gasteiger charge is -2.36. The molecule has 0 bridgehead atoms. The predicted molar refractivity (Wildman–Crippen MR) is 101 cm³/mol. The number of aliphatic hydroxyl groups is 1. The second kappa shape index (κ2) is 7.58. The molecule has 3 atom stereocenters. The Balaban J connectivity index is 1.67. The Kier molecular flexibility index (Phi) is 5.16. The first-order chi connectivity index (χ1) is 13.0. The Morgan fingerprint density at radius 3 is 2.89 bits per heavy atom. The largest absolute Gasteiger partial charge is 0.465 e. The molecule has 2 saturated heterocycles. The molecule has 3 heterocycles. The molecule has 2 aromatic rings. The van der Waals surface area contributed by atoms with Gasteiger partial charge in [-0.2, -0.15) is 0 Å². The number of ether oxygens (including phenoxy) is 2. The molecule has 2 aliphatic rings. The van der Waals surface area contributed by atoms with Gasteiger partial charge in [0.05, 0.1) is 49.0 Å². The van der Waals surface area contributed by atoms with Gasteiger partial charge in [-0.05, 0) is 44.4 Å². The minimum atomic E-state index is -0.343. The monoisotopic (exact) mass is 373 g/mol. The number of piperidine rings is 1. The predicted octanol–water partition coefficient (Wildman–Crippen LogP) is 1.96. The maximum Gasteiger partial charge on any atom is 0.337 e. The fourth-order valence-corrected chi connectivity index (χ4v) is 3.99. The topological polar surface area (TPSA) is 76.8 Å². The summed E-state index contributed by atoms with van der Waals surface area (Å²) in [7, 11) is 1.39. The number of esters is 1. The van der Waals surface area contributed by atoms with E-state index >= 15 is 0 Å². The first kappa shape index (κ1) is 18.4. The van der Waals surface area contributed by atoms with Gasteiger partial charge in [0.25, 0.3) is 0 Å². The number of likely N-dealkylation sites (tertiary alicyclic amines) is 1. The Bertz CT molecular complexity index is 830. The molecular weight excluding hydrogens is 346 g/mol. The van der Waals surface area contributed by atoms with Crippen molar-refractivity contribution in [2.24, 2.45) is 0 Å². The van der Waals surface area contributed by atoms with Crippen molar-refractivity contribution in [3.63, 3.8) is 0 Å². The third-order valence-electron chi connectivity index (χ3n) is 5.76. The van der Waals surface area contributed by atoms with Gasteiger partial charge in [-0.1, -0.05) is 0 Å². The molecule has 0 radical (unpaired) electrons. The van der Waals surface area contributed by atoms with Crippen molar-refractivity contribution in [2.75, 3.05) is 20.3 Å². The van der Waals surface area contributed by atoms with E-state index in [0.717, 1.165) is 62.4 Å². The third-order valence-corrected chi connectivity index (χ3v) is 5.76. The summed E-state index contributed by atoms with van der Waals surface area (Å²) >= 11 is 0. The second-order valence-corrected chi connectivity index (χ2v) is 7.61. The van der Waals surface area contributed by atoms with Crippen LogP contribution < -0.4 is 0 Å². The van der Waals surface area contributed by atoms with Gasteiger partial charge in [0.2, 0.25) is 0 Å². The van der Waals surface area contributed by atoms with E-state index in [4.69, 9.17) is 14.5 Å². The van der Waals surface area contributed by atoms with Crippen molar-refractivity contribution in [1.82, 2.24) is 14.5 Å². The summed E-state index contributed by atoms with van der Waals surface area (Å²) in [5, 5.41) is 9.89. The maximum absolute atomic E-state index is 11.9. The number of methoxy groups -OCH3 is 1. The normalized spacial score (nSPS) is 26.1. The quantitative estimate of drug-likeness (QED) is 0.808. The molecule has 2 fully saturated rings. The van der Waals surface area contributed by atoms with E-state index in [9.17, 15) is 9.90 Å². The van der Waals surface area contributed by atoms with Gasteiger partial charge >= 0.3 is 5.97 Å². The third kappa shape index (κ3) is 3.72. The lowest BCUT2D eigenvalue weighted by molar-refractivity contribution is -0.0593. The first-order valence-electron chi connectivity index (χ1n) is 9.66. The van der Waals surface area contributed by atoms with E-state index in [-0.39, 0.29) is 18.2 Å². The van der Waals surface area contributed by atoms with Gasteiger partial charge in [0.1, 0.15) is 5.82 Å². The second-order valence-electron chi connectivity index (χ2n) is 7.61. The van der Waals surface area contributed by atoms with Crippen LogP contribution in [0.4, 0.5) is 0 Å². The van der Waals surface area contributed by atoms with E-state index in [1.807, 2.05) is 12.1 Å². The van der Waals surface area contributed by atoms with Crippen LogP contribution in [0.1, 0.15) is 42.4 Å². The zero-order valence-electron chi connectivity index (χ0n) is 15.9. The van der Waals surface area contributed by atoms with Crippen LogP contribution >= 0.6 is 0 Å². The molecule has 2 aliphatic heterocycles. The van der Waals surface area contributed by atoms with Crippen LogP contribution in [0.5, 0.6) is 0 Å². The summed E-state index contributed by atoms with van der Waals surface area (Å²) in [6.45, 7) is 5.28. The summed E-state index contributed by atoms with van der Waals surface area (Å²) in [5.74, 6) is 0.635. The molecule has 0 unspecified atom stereocenters. The summed E-state index contributed by atoms with van der Waals surface area (Å²) in [5.41, 5.74) is 2.34. The van der Waals surface area contributed by atoms with Crippen molar-refractivity contribution in [2.45, 2.75) is 57.5 Å². The highest BCUT2D eigenvalue weighted by Crippen LogP contribution is 2.25. The number of aromatic nitrogens is 2. The number of nitrogens with zero attached hydrogens (tertiary/aromatic N) is 3. The van der Waals surface area contributed by atoms with E-state index in [1.54, 1.807) is 6.07 Å². The number of hydrogen-bond donors (Lipinski definition) is 1. The molecule has 1 aromatic heterocycles. The van der Waals surface area contributed by atoms with Crippen LogP contribution in [0.25, 0.3) is 11.0 Å². The Morgan fingerprint density at radius 1 is 1.41 bits per heavy atom. The minimum absolute atomic E-state index is 0.198. The Labute approximate surface area is 158 Å². The SMILES string of the molecule is COC(=O)c1ccc2nc(CN3CC[C@H](O)C[C@@H]3C)n(C[C@@H]3CCO3)c2c1. The summed E-state index contributed by atoms with van der Waals surface area (Å²) in [4.78, 5) is 19.2. The molecule has 4 rings (SSSR count). The number of fused-ring (bicyclic) bond motifs is 1. The number of aliphatic hydroxyl groups excluding tert-OH is 1. The number of rotatable bonds is 5. The first-order valence-corrected chi connectivity index (χ1v) is 9.66. The van der Waals surface area contributed by atoms with E-state index in [1.165, 1.54) is 7.11 Å². The highest BCUT2D eigenvalue weighted by molar-refractivity contribution is 5.93. The number of imidazole rings is 1. The van der Waals surface area contributed by atoms with Crippen molar-refractivity contribution in [3.05, 3.63) is 29.6 Å². The average Bonchev–Trinajstić information content (AvgIpc) is 2.96. The lowest BCUT2D eigenvalue weighted by atomic mass is 10.0. The molecule has 1 aromatic carbocycles. The van der Waals surface area contributed by atoms with Crippen LogP contribution in [0.3, 0.4) is 0 Å². The number of carbonyl (C=O) groups is 1. The van der Waals surface area contributed by atoms with Crippen LogP contribution in [0.15, 0.2) is 18.2 Å². The smallest absolute Gasteiger partial charge is 0.337 e. The summed E-state index contributed by atoms with van der Waals surface area (Å²) in [6.07, 6.45) is 2.62. The lowest BCUT2D eigenvalue weighted by Crippen LogP contribution is -2.42. The van der Waals surface area contributed by atoms with E-state index < -0.39 is 0 Å². The molecular formula is C20H27N3O4. The standard InChI is InChI=1S/C20H27N3O4/c1-13-9-15(24)5-7-22(13)12-19-21-17-4-3-14(20(25)26-2)10-18(17)23(19)11-16-6-8-27-16/h3-4,10,13,15-16,24H,5-9,11-12H2,1-2H3/t13-,15-,16-/m0/s1. The molecule has 0 saturated carbocycles. The van der Waals surface area contributed by atoms with Gasteiger partial charge in [-0.3, -0.25) is 4.90 Å². The molecule has 0 amide bonds. The van der Waals surface area contributed by atoms with Gasteiger partial charge in [-0.25, -0.2) is 9.78 Å². The van der Waals surface area contributed by atoms with Crippen LogP contribution in [-0.2, 0) is 22.6 Å². The average molecular weight is 373 g/mol. The number of hydrogen-bond acceptors (Lipinski definition) is 6. The van der Waals surface area contributed by atoms with E-state index in [2.05, 4.69) is 16.4 Å². The summed E-state index contributed by atoms with van der Waals surface area (Å²) < 4.78 is 12.7. The van der Waals surface area contributed by atoms with Crippen molar-refractivity contribution >= 4 is 17.0 Å². The van der Waals surface area contributed by atoms with Crippen LogP contribution in [-0.4, -0.2) is 64.0 Å². The molecule has 0 aliphatic carbocycles. The van der Waals surface area contributed by atoms with Gasteiger partial charge in [0, 0.05) is 19.2 Å². The van der Waals surface area contributed by atoms with Crippen LogP contribution in [0.2, 0.25) is 0 Å². The number of carbonyl (C=O) groups excluding carboxylic acids is 1. The van der Waals surface area contributed by atoms with E-state index in [0.29, 0.717) is 11.6 Å².